The second-order valence-electron chi connectivity index (χ2n) is 5.16. The average molecular weight is 392 g/mol. The Labute approximate surface area is 153 Å². The van der Waals surface area contributed by atoms with Crippen molar-refractivity contribution in [2.24, 2.45) is 0 Å². The molecule has 2 rings (SSSR count). The number of alkyl halides is 2. The fourth-order valence-electron chi connectivity index (χ4n) is 2.27. The van der Waals surface area contributed by atoms with Crippen molar-refractivity contribution in [3.8, 4) is 23.6 Å². The molecule has 2 aromatic rings. The number of nitrogens with zero attached hydrogens (tertiary/aromatic N) is 2. The van der Waals surface area contributed by atoms with E-state index in [2.05, 4.69) is 0 Å². The second-order valence-corrected chi connectivity index (χ2v) is 7.04. The topological polar surface area (TPSA) is 90.9 Å². The number of sulfone groups is 1. The molecule has 0 N–H and O–H groups in total. The van der Waals surface area contributed by atoms with Gasteiger partial charge in [-0.1, -0.05) is 12.2 Å². The van der Waals surface area contributed by atoms with Crippen LogP contribution in [0.2, 0.25) is 0 Å². The van der Waals surface area contributed by atoms with Gasteiger partial charge in [-0.2, -0.15) is 19.3 Å². The summed E-state index contributed by atoms with van der Waals surface area (Å²) in [6, 6.07) is 8.51. The summed E-state index contributed by atoms with van der Waals surface area (Å²) in [5.74, 6) is -4.71. The average Bonchev–Trinajstić information content (AvgIpc) is 2.61. The minimum atomic E-state index is -4.96. The zero-order valence-electron chi connectivity index (χ0n) is 13.8. The first-order chi connectivity index (χ1) is 12.7. The molecule has 0 aliphatic rings. The van der Waals surface area contributed by atoms with Gasteiger partial charge >= 0.3 is 5.76 Å². The van der Waals surface area contributed by atoms with Crippen molar-refractivity contribution in [2.45, 2.75) is 17.6 Å². The highest BCUT2D eigenvalue weighted by molar-refractivity contribution is 7.91. The number of hydrogen-bond acceptors (Lipinski definition) is 5. The van der Waals surface area contributed by atoms with Crippen LogP contribution in [0.1, 0.15) is 23.6 Å². The van der Waals surface area contributed by atoms with Crippen LogP contribution >= 0.6 is 0 Å². The molecular formula is C18H11F3N2O3S. The molecule has 0 unspecified atom stereocenters. The predicted molar refractivity (Wildman–Crippen MR) is 90.2 cm³/mol. The van der Waals surface area contributed by atoms with Crippen molar-refractivity contribution in [3.63, 3.8) is 0 Å². The highest BCUT2D eigenvalue weighted by Crippen LogP contribution is 2.34. The predicted octanol–water partition coefficient (Wildman–Crippen LogP) is 4.39. The molecule has 0 fully saturated rings. The summed E-state index contributed by atoms with van der Waals surface area (Å²) >= 11 is 0. The van der Waals surface area contributed by atoms with E-state index in [1.807, 2.05) is 0 Å². The number of benzene rings is 2. The summed E-state index contributed by atoms with van der Waals surface area (Å²) in [5.41, 5.74) is -0.624. The number of allylic oxidation sites excluding steroid dienone is 1. The van der Waals surface area contributed by atoms with Gasteiger partial charge in [0.05, 0.1) is 16.5 Å². The zero-order valence-corrected chi connectivity index (χ0v) is 14.6. The Morgan fingerprint density at radius 2 is 1.85 bits per heavy atom. The van der Waals surface area contributed by atoms with E-state index in [0.717, 1.165) is 24.3 Å². The third-order valence-corrected chi connectivity index (χ3v) is 4.82. The number of halogens is 3. The maximum absolute atomic E-state index is 13.5. The molecule has 0 atom stereocenters. The number of hydrogen-bond donors (Lipinski definition) is 0. The molecule has 27 heavy (non-hydrogen) atoms. The van der Waals surface area contributed by atoms with Gasteiger partial charge in [-0.05, 0) is 31.2 Å². The number of ether oxygens (including phenoxy) is 1. The summed E-state index contributed by atoms with van der Waals surface area (Å²) in [6.07, 6.45) is 2.56. The fraction of sp³-hybridized carbons (Fsp3) is 0.111. The second kappa shape index (κ2) is 7.94. The fourth-order valence-corrected chi connectivity index (χ4v) is 3.20. The van der Waals surface area contributed by atoms with Gasteiger partial charge in [0.2, 0.25) is 9.84 Å². The van der Waals surface area contributed by atoms with Crippen molar-refractivity contribution >= 4 is 15.9 Å². The Morgan fingerprint density at radius 1 is 1.15 bits per heavy atom. The Hall–Kier alpha value is -3.30. The number of nitriles is 2. The van der Waals surface area contributed by atoms with Crippen molar-refractivity contribution in [1.82, 2.24) is 0 Å². The van der Waals surface area contributed by atoms with Crippen LogP contribution in [0.4, 0.5) is 13.2 Å². The quantitative estimate of drug-likeness (QED) is 0.753. The molecular weight excluding hydrogens is 381 g/mol. The molecule has 0 bridgehead atoms. The van der Waals surface area contributed by atoms with Crippen molar-refractivity contribution in [3.05, 3.63) is 58.9 Å². The zero-order chi connectivity index (χ0) is 20.2. The van der Waals surface area contributed by atoms with Crippen molar-refractivity contribution in [1.29, 1.82) is 10.5 Å². The third kappa shape index (κ3) is 4.10. The van der Waals surface area contributed by atoms with Gasteiger partial charge in [0.25, 0.3) is 0 Å². The molecule has 0 saturated carbocycles. The van der Waals surface area contributed by atoms with E-state index < -0.39 is 26.3 Å². The van der Waals surface area contributed by atoms with Crippen LogP contribution in [0.3, 0.4) is 0 Å². The van der Waals surface area contributed by atoms with E-state index in [9.17, 15) is 26.9 Å². The summed E-state index contributed by atoms with van der Waals surface area (Å²) in [4.78, 5) is -0.726. The molecule has 0 spiro atoms. The lowest BCUT2D eigenvalue weighted by Gasteiger charge is -2.13. The van der Waals surface area contributed by atoms with Crippen molar-refractivity contribution < 1.29 is 26.3 Å². The molecule has 0 aliphatic heterocycles. The van der Waals surface area contributed by atoms with Crippen LogP contribution in [0.25, 0.3) is 6.08 Å². The first kappa shape index (κ1) is 20.0. The van der Waals surface area contributed by atoms with Gasteiger partial charge in [0, 0.05) is 11.6 Å². The van der Waals surface area contributed by atoms with E-state index in [1.165, 1.54) is 25.1 Å². The van der Waals surface area contributed by atoms with E-state index in [4.69, 9.17) is 10.00 Å². The lowest BCUT2D eigenvalue weighted by atomic mass is 10.1. The maximum atomic E-state index is 13.5. The van der Waals surface area contributed by atoms with E-state index >= 15 is 0 Å². The van der Waals surface area contributed by atoms with Crippen LogP contribution in [0.15, 0.2) is 41.3 Å². The lowest BCUT2D eigenvalue weighted by molar-refractivity contribution is 0.234. The van der Waals surface area contributed by atoms with Gasteiger partial charge in [-0.3, -0.25) is 0 Å². The molecule has 0 saturated heterocycles. The van der Waals surface area contributed by atoms with Gasteiger partial charge in [-0.25, -0.2) is 12.8 Å². The molecule has 138 valence electrons. The van der Waals surface area contributed by atoms with Crippen LogP contribution in [-0.2, 0) is 9.84 Å². The highest BCUT2D eigenvalue weighted by Gasteiger charge is 2.30. The lowest BCUT2D eigenvalue weighted by Crippen LogP contribution is -2.13. The van der Waals surface area contributed by atoms with Crippen molar-refractivity contribution in [2.75, 3.05) is 0 Å². The number of rotatable bonds is 5. The largest absolute Gasteiger partial charge is 0.456 e. The molecule has 2 aromatic carbocycles. The first-order valence-corrected chi connectivity index (χ1v) is 8.89. The van der Waals surface area contributed by atoms with Gasteiger partial charge in [0.1, 0.15) is 28.9 Å². The van der Waals surface area contributed by atoms with Gasteiger partial charge < -0.3 is 4.74 Å². The summed E-state index contributed by atoms with van der Waals surface area (Å²) in [5, 5.41) is 18.3. The SMILES string of the molecule is C/C=C/c1c(S(=O)(=O)C(F)F)ccc(Oc2cc(F)cc(C#N)c2)c1C#N. The van der Waals surface area contributed by atoms with Gasteiger partial charge in [0.15, 0.2) is 0 Å². The Bertz CT molecular complexity index is 1100. The Morgan fingerprint density at radius 3 is 2.41 bits per heavy atom. The molecule has 9 heteroatoms. The summed E-state index contributed by atoms with van der Waals surface area (Å²) < 4.78 is 68.6. The molecule has 0 heterocycles. The van der Waals surface area contributed by atoms with Crippen LogP contribution in [0.5, 0.6) is 11.5 Å². The Kier molecular flexibility index (Phi) is 5.88. The summed E-state index contributed by atoms with van der Waals surface area (Å²) in [7, 11) is -4.96. The Balaban J connectivity index is 2.67. The molecule has 0 radical (unpaired) electrons. The highest BCUT2D eigenvalue weighted by atomic mass is 32.2. The molecule has 0 amide bonds. The normalized spacial score (nSPS) is 11.4. The minimum Gasteiger partial charge on any atom is -0.456 e. The van der Waals surface area contributed by atoms with Crippen LogP contribution < -0.4 is 4.74 Å². The van der Waals surface area contributed by atoms with Crippen LogP contribution in [0, 0.1) is 28.5 Å². The maximum Gasteiger partial charge on any atom is 0.341 e. The van der Waals surface area contributed by atoms with E-state index in [0.29, 0.717) is 0 Å². The summed E-state index contributed by atoms with van der Waals surface area (Å²) in [6.45, 7) is 1.51. The molecule has 0 aliphatic carbocycles. The van der Waals surface area contributed by atoms with Gasteiger partial charge in [-0.15, -0.1) is 0 Å². The van der Waals surface area contributed by atoms with E-state index in [1.54, 1.807) is 12.1 Å². The molecule has 5 nitrogen and oxygen atoms in total. The third-order valence-electron chi connectivity index (χ3n) is 3.38. The monoisotopic (exact) mass is 392 g/mol. The minimum absolute atomic E-state index is 0.0333. The first-order valence-electron chi connectivity index (χ1n) is 7.35. The smallest absolute Gasteiger partial charge is 0.341 e. The van der Waals surface area contributed by atoms with Crippen LogP contribution in [-0.4, -0.2) is 14.2 Å². The standard InChI is InChI=1S/C18H11F3N2O3S/c1-2-3-14-15(10-23)16(4-5-17(14)27(24,25)18(20)21)26-13-7-11(9-22)6-12(19)8-13/h2-8,18H,1H3/b3-2+. The molecule has 0 aromatic heterocycles. The van der Waals surface area contributed by atoms with E-state index in [-0.39, 0.29) is 28.2 Å².